The third-order valence-electron chi connectivity index (χ3n) is 4.72. The number of amides is 1. The van der Waals surface area contributed by atoms with E-state index in [4.69, 9.17) is 4.74 Å². The summed E-state index contributed by atoms with van der Waals surface area (Å²) >= 11 is 0. The fraction of sp³-hybridized carbons (Fsp3) is 0.190. The lowest BCUT2D eigenvalue weighted by molar-refractivity contribution is 0.0951. The normalized spacial score (nSPS) is 11.1. The second kappa shape index (κ2) is 8.13. The van der Waals surface area contributed by atoms with Crippen molar-refractivity contribution in [3.8, 4) is 5.88 Å². The number of nitrogens with zero attached hydrogens (tertiary/aromatic N) is 3. The Kier molecular flexibility index (Phi) is 5.37. The van der Waals surface area contributed by atoms with Crippen LogP contribution < -0.4 is 10.1 Å². The molecule has 0 saturated carbocycles. The summed E-state index contributed by atoms with van der Waals surface area (Å²) < 4.78 is 48.3. The topological polar surface area (TPSA) is 84.3 Å². The van der Waals surface area contributed by atoms with E-state index >= 15 is 0 Å². The highest BCUT2D eigenvalue weighted by molar-refractivity contribution is 6.02. The summed E-state index contributed by atoms with van der Waals surface area (Å²) in [5.74, 6) is -2.99. The molecule has 1 aromatic carbocycles. The Hall–Kier alpha value is -3.82. The maximum Gasteiger partial charge on any atom is 0.255 e. The number of H-pyrrole nitrogens is 1. The smallest absolute Gasteiger partial charge is 0.255 e. The molecule has 7 nitrogen and oxygen atoms in total. The number of pyridine rings is 1. The lowest BCUT2D eigenvalue weighted by Gasteiger charge is -2.11. The van der Waals surface area contributed by atoms with Crippen LogP contribution in [0.5, 0.6) is 5.88 Å². The fourth-order valence-corrected chi connectivity index (χ4v) is 3.24. The Balaban J connectivity index is 1.64. The zero-order valence-electron chi connectivity index (χ0n) is 16.7. The summed E-state index contributed by atoms with van der Waals surface area (Å²) in [6.45, 7) is 3.10. The average Bonchev–Trinajstić information content (AvgIpc) is 3.36. The number of nitrogens with one attached hydrogen (secondary N) is 2. The van der Waals surface area contributed by atoms with Gasteiger partial charge in [0.25, 0.3) is 5.91 Å². The van der Waals surface area contributed by atoms with Gasteiger partial charge in [-0.05, 0) is 37.6 Å². The molecule has 1 amide bonds. The second-order valence-corrected chi connectivity index (χ2v) is 6.96. The highest BCUT2D eigenvalue weighted by Crippen LogP contribution is 2.25. The summed E-state index contributed by atoms with van der Waals surface area (Å²) in [5.41, 5.74) is 1.45. The van der Waals surface area contributed by atoms with Crippen LogP contribution in [-0.4, -0.2) is 25.5 Å². The van der Waals surface area contributed by atoms with Gasteiger partial charge in [-0.2, -0.15) is 9.61 Å². The van der Waals surface area contributed by atoms with Crippen molar-refractivity contribution in [3.05, 3.63) is 82.3 Å². The number of halogens is 3. The van der Waals surface area contributed by atoms with Crippen molar-refractivity contribution in [2.75, 3.05) is 0 Å². The predicted octanol–water partition coefficient (Wildman–Crippen LogP) is 3.60. The van der Waals surface area contributed by atoms with E-state index in [1.165, 1.54) is 4.52 Å². The maximum atomic E-state index is 14.0. The monoisotopic (exact) mass is 429 g/mol. The number of hydrogen-bond donors (Lipinski definition) is 2. The van der Waals surface area contributed by atoms with E-state index in [-0.39, 0.29) is 18.3 Å². The van der Waals surface area contributed by atoms with Crippen molar-refractivity contribution >= 4 is 11.4 Å². The van der Waals surface area contributed by atoms with E-state index in [1.807, 2.05) is 0 Å². The molecule has 0 saturated heterocycles. The Morgan fingerprint density at radius 1 is 1.19 bits per heavy atom. The summed E-state index contributed by atoms with van der Waals surface area (Å²) in [6, 6.07) is 4.91. The Morgan fingerprint density at radius 2 is 1.97 bits per heavy atom. The predicted molar refractivity (Wildman–Crippen MR) is 105 cm³/mol. The molecule has 10 heteroatoms. The van der Waals surface area contributed by atoms with E-state index in [0.29, 0.717) is 28.7 Å². The molecule has 4 aromatic rings. The zero-order valence-corrected chi connectivity index (χ0v) is 16.7. The molecule has 4 rings (SSSR count). The molecule has 0 aliphatic rings. The van der Waals surface area contributed by atoms with Crippen LogP contribution in [0.25, 0.3) is 5.52 Å². The minimum atomic E-state index is -1.31. The molecular weight excluding hydrogens is 411 g/mol. The molecule has 0 fully saturated rings. The highest BCUT2D eigenvalue weighted by atomic mass is 19.2. The van der Waals surface area contributed by atoms with E-state index in [1.54, 1.807) is 38.4 Å². The molecule has 0 atom stereocenters. The van der Waals surface area contributed by atoms with Gasteiger partial charge >= 0.3 is 0 Å². The first-order chi connectivity index (χ1) is 14.8. The van der Waals surface area contributed by atoms with Crippen LogP contribution in [-0.2, 0) is 13.2 Å². The van der Waals surface area contributed by atoms with Gasteiger partial charge in [-0.1, -0.05) is 0 Å². The van der Waals surface area contributed by atoms with Gasteiger partial charge < -0.3 is 15.0 Å². The van der Waals surface area contributed by atoms with Gasteiger partial charge in [-0.15, -0.1) is 0 Å². The van der Waals surface area contributed by atoms with Gasteiger partial charge in [-0.25, -0.2) is 18.2 Å². The number of imidazole rings is 1. The van der Waals surface area contributed by atoms with Crippen LogP contribution >= 0.6 is 0 Å². The Morgan fingerprint density at radius 3 is 2.71 bits per heavy atom. The van der Waals surface area contributed by atoms with Crippen LogP contribution in [0.1, 0.15) is 33.0 Å². The first kappa shape index (κ1) is 20.5. The number of aromatic amines is 1. The molecule has 31 heavy (non-hydrogen) atoms. The number of aryl methyl sites for hydroxylation is 2. The summed E-state index contributed by atoms with van der Waals surface area (Å²) in [4.78, 5) is 19.7. The molecule has 160 valence electrons. The van der Waals surface area contributed by atoms with Crippen molar-refractivity contribution in [2.45, 2.75) is 27.0 Å². The van der Waals surface area contributed by atoms with E-state index < -0.39 is 29.6 Å². The number of aromatic nitrogens is 4. The summed E-state index contributed by atoms with van der Waals surface area (Å²) in [7, 11) is 0. The standard InChI is InChI=1S/C21H18F3N5O2/c1-11-7-16-19(21(30)27-9-17-25-5-6-26-17)12(2)28-29(16)18(8-11)31-10-13-14(22)3-4-15(23)20(13)24/h3-8H,9-10H2,1-2H3,(H,25,26)(H,27,30). The number of hydrogen-bond acceptors (Lipinski definition) is 4. The second-order valence-electron chi connectivity index (χ2n) is 6.96. The van der Waals surface area contributed by atoms with Crippen LogP contribution in [0.3, 0.4) is 0 Å². The SMILES string of the molecule is Cc1cc(OCc2c(F)ccc(F)c2F)n2nc(C)c(C(=O)NCc3ncc[nH]3)c2c1. The Labute approximate surface area is 174 Å². The number of rotatable bonds is 6. The lowest BCUT2D eigenvalue weighted by atomic mass is 10.1. The molecule has 3 aromatic heterocycles. The molecule has 3 heterocycles. The van der Waals surface area contributed by atoms with Crippen molar-refractivity contribution in [3.63, 3.8) is 0 Å². The number of fused-ring (bicyclic) bond motifs is 1. The largest absolute Gasteiger partial charge is 0.473 e. The number of benzene rings is 1. The third kappa shape index (κ3) is 3.96. The highest BCUT2D eigenvalue weighted by Gasteiger charge is 2.21. The van der Waals surface area contributed by atoms with Crippen LogP contribution in [0.4, 0.5) is 13.2 Å². The van der Waals surface area contributed by atoms with Gasteiger partial charge in [0.05, 0.1) is 28.9 Å². The van der Waals surface area contributed by atoms with Gasteiger partial charge in [0.15, 0.2) is 11.6 Å². The van der Waals surface area contributed by atoms with E-state index in [0.717, 1.165) is 11.6 Å². The van der Waals surface area contributed by atoms with Crippen LogP contribution in [0.2, 0.25) is 0 Å². The molecule has 2 N–H and O–H groups in total. The minimum Gasteiger partial charge on any atom is -0.473 e. The zero-order chi connectivity index (χ0) is 22.1. The van der Waals surface area contributed by atoms with Gasteiger partial charge in [0.2, 0.25) is 5.88 Å². The van der Waals surface area contributed by atoms with Crippen molar-refractivity contribution < 1.29 is 22.7 Å². The molecule has 0 bridgehead atoms. The van der Waals surface area contributed by atoms with Gasteiger partial charge in [0.1, 0.15) is 18.2 Å². The van der Waals surface area contributed by atoms with E-state index in [9.17, 15) is 18.0 Å². The third-order valence-corrected chi connectivity index (χ3v) is 4.72. The van der Waals surface area contributed by atoms with Gasteiger partial charge in [-0.3, -0.25) is 4.79 Å². The summed E-state index contributed by atoms with van der Waals surface area (Å²) in [6.07, 6.45) is 3.23. The van der Waals surface area contributed by atoms with Crippen molar-refractivity contribution in [1.29, 1.82) is 0 Å². The molecular formula is C21H18F3N5O2. The Bertz CT molecular complexity index is 1270. The molecule has 0 radical (unpaired) electrons. The lowest BCUT2D eigenvalue weighted by Crippen LogP contribution is -2.24. The fourth-order valence-electron chi connectivity index (χ4n) is 3.24. The number of carbonyl (C=O) groups is 1. The molecule has 0 spiro atoms. The van der Waals surface area contributed by atoms with Crippen molar-refractivity contribution in [1.82, 2.24) is 24.9 Å². The quantitative estimate of drug-likeness (QED) is 0.459. The summed E-state index contributed by atoms with van der Waals surface area (Å²) in [5, 5.41) is 7.11. The average molecular weight is 429 g/mol. The maximum absolute atomic E-state index is 14.0. The van der Waals surface area contributed by atoms with E-state index in [2.05, 4.69) is 20.4 Å². The number of carbonyl (C=O) groups excluding carboxylic acids is 1. The number of ether oxygens (including phenoxy) is 1. The molecule has 0 aliphatic heterocycles. The molecule has 0 aliphatic carbocycles. The van der Waals surface area contributed by atoms with Crippen molar-refractivity contribution in [2.24, 2.45) is 0 Å². The first-order valence-electron chi connectivity index (χ1n) is 9.36. The van der Waals surface area contributed by atoms with Crippen LogP contribution in [0, 0.1) is 31.3 Å². The van der Waals surface area contributed by atoms with Gasteiger partial charge in [0, 0.05) is 18.5 Å². The van der Waals surface area contributed by atoms with Crippen LogP contribution in [0.15, 0.2) is 36.7 Å². The first-order valence-corrected chi connectivity index (χ1v) is 9.36. The molecule has 0 unspecified atom stereocenters. The minimum absolute atomic E-state index is 0.159.